The lowest BCUT2D eigenvalue weighted by Crippen LogP contribution is -2.41. The van der Waals surface area contributed by atoms with Crippen LogP contribution in [0, 0.1) is 5.92 Å². The van der Waals surface area contributed by atoms with Crippen molar-refractivity contribution in [3.8, 4) is 0 Å². The van der Waals surface area contributed by atoms with Crippen LogP contribution < -0.4 is 5.32 Å². The van der Waals surface area contributed by atoms with E-state index in [1.54, 1.807) is 11.8 Å². The summed E-state index contributed by atoms with van der Waals surface area (Å²) in [4.78, 5) is 11.0. The standard InChI is InChI=1S/C15H21NO2S/c1-10(2)9-11-3-5-12(6-4-11)14-16-13(15(17)18)7-8-19-14/h3-6,10,13-14,16H,7-9H2,1-2H3,(H,17,18). The Bertz CT molecular complexity index is 430. The van der Waals surface area contributed by atoms with E-state index in [1.165, 1.54) is 11.1 Å². The van der Waals surface area contributed by atoms with Gasteiger partial charge in [-0.1, -0.05) is 38.1 Å². The molecule has 2 unspecified atom stereocenters. The number of benzene rings is 1. The molecular weight excluding hydrogens is 258 g/mol. The molecule has 0 spiro atoms. The van der Waals surface area contributed by atoms with Gasteiger partial charge >= 0.3 is 5.97 Å². The number of rotatable bonds is 4. The molecule has 0 bridgehead atoms. The maximum Gasteiger partial charge on any atom is 0.320 e. The van der Waals surface area contributed by atoms with Crippen molar-refractivity contribution in [2.24, 2.45) is 5.92 Å². The van der Waals surface area contributed by atoms with E-state index in [2.05, 4.69) is 43.4 Å². The Labute approximate surface area is 118 Å². The van der Waals surface area contributed by atoms with Gasteiger partial charge in [0.15, 0.2) is 0 Å². The van der Waals surface area contributed by atoms with Gasteiger partial charge in [0.05, 0.1) is 5.37 Å². The van der Waals surface area contributed by atoms with Crippen LogP contribution in [0.3, 0.4) is 0 Å². The van der Waals surface area contributed by atoms with Crippen LogP contribution in [0.5, 0.6) is 0 Å². The Hall–Kier alpha value is -1.00. The first-order valence-corrected chi connectivity index (χ1v) is 7.80. The largest absolute Gasteiger partial charge is 0.480 e. The monoisotopic (exact) mass is 279 g/mol. The van der Waals surface area contributed by atoms with Gasteiger partial charge in [-0.05, 0) is 35.6 Å². The summed E-state index contributed by atoms with van der Waals surface area (Å²) in [7, 11) is 0. The predicted octanol–water partition coefficient (Wildman–Crippen LogP) is 3.06. The lowest BCUT2D eigenvalue weighted by molar-refractivity contribution is -0.139. The number of aliphatic carboxylic acids is 1. The third-order valence-electron chi connectivity index (χ3n) is 3.27. The van der Waals surface area contributed by atoms with E-state index in [4.69, 9.17) is 5.11 Å². The Kier molecular flexibility index (Phi) is 4.88. The number of hydrogen-bond acceptors (Lipinski definition) is 3. The molecule has 0 radical (unpaired) electrons. The summed E-state index contributed by atoms with van der Waals surface area (Å²) in [5.41, 5.74) is 2.51. The number of carboxylic acids is 1. The van der Waals surface area contributed by atoms with Gasteiger partial charge in [-0.2, -0.15) is 0 Å². The molecule has 2 rings (SSSR count). The Morgan fingerprint density at radius 2 is 2.11 bits per heavy atom. The summed E-state index contributed by atoms with van der Waals surface area (Å²) in [5, 5.41) is 12.4. The molecule has 19 heavy (non-hydrogen) atoms. The second kappa shape index (κ2) is 6.44. The van der Waals surface area contributed by atoms with E-state index in [-0.39, 0.29) is 5.37 Å². The van der Waals surface area contributed by atoms with Crippen LogP contribution in [0.1, 0.15) is 36.8 Å². The van der Waals surface area contributed by atoms with Crippen LogP contribution in [0.2, 0.25) is 0 Å². The quantitative estimate of drug-likeness (QED) is 0.889. The van der Waals surface area contributed by atoms with E-state index in [1.807, 2.05) is 0 Å². The van der Waals surface area contributed by atoms with Gasteiger partial charge in [0, 0.05) is 0 Å². The zero-order valence-corrected chi connectivity index (χ0v) is 12.2. The second-order valence-corrected chi connectivity index (χ2v) is 6.65. The van der Waals surface area contributed by atoms with Gasteiger partial charge in [-0.15, -0.1) is 11.8 Å². The Balaban J connectivity index is 2.03. The topological polar surface area (TPSA) is 49.3 Å². The third kappa shape index (κ3) is 3.98. The molecule has 1 fully saturated rings. The molecule has 1 aliphatic rings. The molecule has 0 aliphatic carbocycles. The summed E-state index contributed by atoms with van der Waals surface area (Å²) >= 11 is 1.78. The molecule has 0 aromatic heterocycles. The molecule has 2 atom stereocenters. The molecular formula is C15H21NO2S. The Morgan fingerprint density at radius 1 is 1.42 bits per heavy atom. The highest BCUT2D eigenvalue weighted by molar-refractivity contribution is 7.99. The molecule has 1 saturated heterocycles. The summed E-state index contributed by atoms with van der Waals surface area (Å²) in [6, 6.07) is 8.13. The molecule has 1 aromatic rings. The predicted molar refractivity (Wildman–Crippen MR) is 79.4 cm³/mol. The molecule has 104 valence electrons. The number of hydrogen-bond donors (Lipinski definition) is 2. The van der Waals surface area contributed by atoms with E-state index in [0.717, 1.165) is 12.2 Å². The summed E-state index contributed by atoms with van der Waals surface area (Å²) in [5.74, 6) is 0.800. The van der Waals surface area contributed by atoms with Crippen molar-refractivity contribution in [2.75, 3.05) is 5.75 Å². The Morgan fingerprint density at radius 3 is 2.68 bits per heavy atom. The van der Waals surface area contributed by atoms with Crippen LogP contribution in [0.4, 0.5) is 0 Å². The highest BCUT2D eigenvalue weighted by atomic mass is 32.2. The zero-order chi connectivity index (χ0) is 13.8. The summed E-state index contributed by atoms with van der Waals surface area (Å²) < 4.78 is 0. The highest BCUT2D eigenvalue weighted by Gasteiger charge is 2.27. The van der Waals surface area contributed by atoms with E-state index in [9.17, 15) is 4.79 Å². The number of thioether (sulfide) groups is 1. The average Bonchev–Trinajstić information content (AvgIpc) is 2.39. The molecule has 1 aliphatic heterocycles. The van der Waals surface area contributed by atoms with Gasteiger partial charge in [0.1, 0.15) is 6.04 Å². The lowest BCUT2D eigenvalue weighted by Gasteiger charge is -2.28. The van der Waals surface area contributed by atoms with Crippen LogP contribution in [0.15, 0.2) is 24.3 Å². The smallest absolute Gasteiger partial charge is 0.320 e. The number of nitrogens with one attached hydrogen (secondary N) is 1. The first-order valence-electron chi connectivity index (χ1n) is 6.75. The molecule has 1 heterocycles. The van der Waals surface area contributed by atoms with Gasteiger partial charge < -0.3 is 5.11 Å². The first kappa shape index (κ1) is 14.4. The van der Waals surface area contributed by atoms with E-state index in [0.29, 0.717) is 12.3 Å². The molecule has 4 heteroatoms. The number of carbonyl (C=O) groups is 1. The van der Waals surface area contributed by atoms with Crippen LogP contribution in [-0.2, 0) is 11.2 Å². The van der Waals surface area contributed by atoms with Gasteiger partial charge in [-0.25, -0.2) is 0 Å². The fourth-order valence-corrected chi connectivity index (χ4v) is 3.52. The van der Waals surface area contributed by atoms with Crippen molar-refractivity contribution in [2.45, 2.75) is 38.1 Å². The molecule has 3 nitrogen and oxygen atoms in total. The third-order valence-corrected chi connectivity index (χ3v) is 4.48. The minimum Gasteiger partial charge on any atom is -0.480 e. The van der Waals surface area contributed by atoms with E-state index >= 15 is 0 Å². The molecule has 1 aromatic carbocycles. The van der Waals surface area contributed by atoms with Gasteiger partial charge in [-0.3, -0.25) is 10.1 Å². The minimum absolute atomic E-state index is 0.1000. The lowest BCUT2D eigenvalue weighted by atomic mass is 10.0. The maximum absolute atomic E-state index is 11.0. The molecule has 2 N–H and O–H groups in total. The van der Waals surface area contributed by atoms with Crippen molar-refractivity contribution in [3.05, 3.63) is 35.4 Å². The average molecular weight is 279 g/mol. The zero-order valence-electron chi connectivity index (χ0n) is 11.4. The SMILES string of the molecule is CC(C)Cc1ccc(C2NC(C(=O)O)CCS2)cc1. The van der Waals surface area contributed by atoms with Crippen LogP contribution in [-0.4, -0.2) is 22.9 Å². The first-order chi connectivity index (χ1) is 9.06. The second-order valence-electron chi connectivity index (χ2n) is 5.44. The molecule has 0 saturated carbocycles. The van der Waals surface area contributed by atoms with Crippen molar-refractivity contribution in [3.63, 3.8) is 0 Å². The van der Waals surface area contributed by atoms with Crippen molar-refractivity contribution < 1.29 is 9.90 Å². The minimum atomic E-state index is -0.748. The fraction of sp³-hybridized carbons (Fsp3) is 0.533. The maximum atomic E-state index is 11.0. The fourth-order valence-electron chi connectivity index (χ4n) is 2.31. The van der Waals surface area contributed by atoms with Gasteiger partial charge in [0.25, 0.3) is 0 Å². The summed E-state index contributed by atoms with van der Waals surface area (Å²) in [6.07, 6.45) is 1.78. The normalized spacial score (nSPS) is 23.5. The van der Waals surface area contributed by atoms with Gasteiger partial charge in [0.2, 0.25) is 0 Å². The number of carboxylic acid groups (broad SMARTS) is 1. The summed E-state index contributed by atoms with van der Waals surface area (Å²) in [6.45, 7) is 4.42. The van der Waals surface area contributed by atoms with Crippen molar-refractivity contribution in [1.82, 2.24) is 5.32 Å². The van der Waals surface area contributed by atoms with Crippen LogP contribution >= 0.6 is 11.8 Å². The van der Waals surface area contributed by atoms with Crippen molar-refractivity contribution >= 4 is 17.7 Å². The van der Waals surface area contributed by atoms with E-state index < -0.39 is 12.0 Å². The van der Waals surface area contributed by atoms with Crippen LogP contribution in [0.25, 0.3) is 0 Å². The molecule has 0 amide bonds. The highest BCUT2D eigenvalue weighted by Crippen LogP contribution is 2.31. The van der Waals surface area contributed by atoms with Crippen molar-refractivity contribution in [1.29, 1.82) is 0 Å².